The molecule has 1 atom stereocenters. The normalized spacial score (nSPS) is 11.8. The molecule has 1 N–H and O–H groups in total. The van der Waals surface area contributed by atoms with Crippen LogP contribution in [0.1, 0.15) is 24.1 Å². The van der Waals surface area contributed by atoms with Crippen molar-refractivity contribution in [2.45, 2.75) is 19.4 Å². The summed E-state index contributed by atoms with van der Waals surface area (Å²) in [5.41, 5.74) is 1.50. The average molecular weight is 365 g/mol. The first kappa shape index (κ1) is 18.6. The monoisotopic (exact) mass is 365 g/mol. The topological polar surface area (TPSA) is 55.4 Å². The molecule has 3 aromatic rings. The van der Waals surface area contributed by atoms with E-state index in [4.69, 9.17) is 4.74 Å². The summed E-state index contributed by atoms with van der Waals surface area (Å²) in [7, 11) is 0. The van der Waals surface area contributed by atoms with Gasteiger partial charge in [0.15, 0.2) is 6.61 Å². The number of hydrogen-bond acceptors (Lipinski definition) is 3. The summed E-state index contributed by atoms with van der Waals surface area (Å²) < 4.78 is 18.1. The van der Waals surface area contributed by atoms with Gasteiger partial charge in [0.05, 0.1) is 12.5 Å². The predicted octanol–water partition coefficient (Wildman–Crippen LogP) is 3.94. The van der Waals surface area contributed by atoms with Crippen molar-refractivity contribution in [3.8, 4) is 0 Å². The lowest BCUT2D eigenvalue weighted by atomic mass is 10.00. The van der Waals surface area contributed by atoms with Gasteiger partial charge in [0.2, 0.25) is 0 Å². The van der Waals surface area contributed by atoms with E-state index in [1.54, 1.807) is 6.07 Å². The van der Waals surface area contributed by atoms with Crippen molar-refractivity contribution >= 4 is 22.6 Å². The van der Waals surface area contributed by atoms with Gasteiger partial charge in [0.25, 0.3) is 5.91 Å². The van der Waals surface area contributed by atoms with Crippen molar-refractivity contribution in [1.82, 2.24) is 5.32 Å². The number of carbonyl (C=O) groups is 2. The summed E-state index contributed by atoms with van der Waals surface area (Å²) in [4.78, 5) is 24.0. The number of ether oxygens (including phenoxy) is 1. The molecular weight excluding hydrogens is 345 g/mol. The first-order valence-corrected chi connectivity index (χ1v) is 8.70. The number of carbonyl (C=O) groups excluding carboxylic acids is 2. The summed E-state index contributed by atoms with van der Waals surface area (Å²) in [6.07, 6.45) is -0.0794. The number of nitrogens with one attached hydrogen (secondary N) is 1. The van der Waals surface area contributed by atoms with E-state index >= 15 is 0 Å². The highest BCUT2D eigenvalue weighted by molar-refractivity contribution is 5.87. The van der Waals surface area contributed by atoms with E-state index in [1.165, 1.54) is 18.2 Å². The molecule has 5 heteroatoms. The van der Waals surface area contributed by atoms with Crippen LogP contribution < -0.4 is 5.32 Å². The van der Waals surface area contributed by atoms with Gasteiger partial charge < -0.3 is 10.1 Å². The van der Waals surface area contributed by atoms with Gasteiger partial charge >= 0.3 is 5.97 Å². The molecule has 138 valence electrons. The Hall–Kier alpha value is -3.21. The molecule has 0 aromatic heterocycles. The summed E-state index contributed by atoms with van der Waals surface area (Å²) >= 11 is 0. The first-order valence-electron chi connectivity index (χ1n) is 8.70. The van der Waals surface area contributed by atoms with Crippen LogP contribution in [0, 0.1) is 5.82 Å². The van der Waals surface area contributed by atoms with Crippen LogP contribution in [0.15, 0.2) is 66.7 Å². The van der Waals surface area contributed by atoms with E-state index < -0.39 is 11.8 Å². The zero-order chi connectivity index (χ0) is 19.2. The quantitative estimate of drug-likeness (QED) is 0.673. The van der Waals surface area contributed by atoms with Crippen LogP contribution in [0.4, 0.5) is 4.39 Å². The maximum Gasteiger partial charge on any atom is 0.310 e. The number of fused-ring (bicyclic) bond motifs is 1. The number of hydrogen-bond donors (Lipinski definition) is 1. The fourth-order valence-electron chi connectivity index (χ4n) is 3.00. The lowest BCUT2D eigenvalue weighted by Crippen LogP contribution is -2.31. The Bertz CT molecular complexity index is 965. The molecular formula is C22H20FNO3. The van der Waals surface area contributed by atoms with Gasteiger partial charge in [-0.1, -0.05) is 54.6 Å². The third-order valence-corrected chi connectivity index (χ3v) is 4.27. The van der Waals surface area contributed by atoms with Crippen molar-refractivity contribution in [3.63, 3.8) is 0 Å². The Kier molecular flexibility index (Phi) is 5.81. The van der Waals surface area contributed by atoms with Gasteiger partial charge in [0, 0.05) is 0 Å². The van der Waals surface area contributed by atoms with Gasteiger partial charge in [-0.3, -0.25) is 9.59 Å². The zero-order valence-electron chi connectivity index (χ0n) is 14.9. The van der Waals surface area contributed by atoms with Crippen LogP contribution in [-0.4, -0.2) is 18.5 Å². The number of rotatable bonds is 6. The number of amides is 1. The van der Waals surface area contributed by atoms with E-state index in [-0.39, 0.29) is 25.0 Å². The molecule has 0 spiro atoms. The highest BCUT2D eigenvalue weighted by atomic mass is 19.1. The van der Waals surface area contributed by atoms with Gasteiger partial charge in [-0.2, -0.15) is 0 Å². The van der Waals surface area contributed by atoms with Crippen molar-refractivity contribution in [2.24, 2.45) is 0 Å². The Morgan fingerprint density at radius 1 is 1.04 bits per heavy atom. The average Bonchev–Trinajstić information content (AvgIpc) is 2.66. The molecule has 0 aliphatic rings. The zero-order valence-corrected chi connectivity index (χ0v) is 14.9. The fourth-order valence-corrected chi connectivity index (χ4v) is 3.00. The van der Waals surface area contributed by atoms with Crippen LogP contribution in [0.3, 0.4) is 0 Å². The van der Waals surface area contributed by atoms with Crippen LogP contribution in [0.25, 0.3) is 10.8 Å². The molecule has 0 radical (unpaired) electrons. The summed E-state index contributed by atoms with van der Waals surface area (Å²) in [6, 6.07) is 19.4. The molecule has 3 rings (SSSR count). The van der Waals surface area contributed by atoms with Crippen molar-refractivity contribution in [1.29, 1.82) is 0 Å². The van der Waals surface area contributed by atoms with E-state index in [2.05, 4.69) is 5.32 Å². The highest BCUT2D eigenvalue weighted by Gasteiger charge is 2.14. The molecule has 0 aliphatic carbocycles. The molecule has 0 unspecified atom stereocenters. The van der Waals surface area contributed by atoms with Gasteiger partial charge in [-0.25, -0.2) is 4.39 Å². The second-order valence-corrected chi connectivity index (χ2v) is 6.32. The van der Waals surface area contributed by atoms with E-state index in [1.807, 2.05) is 49.4 Å². The maximum atomic E-state index is 13.1. The van der Waals surface area contributed by atoms with E-state index in [0.717, 1.165) is 16.3 Å². The molecule has 3 aromatic carbocycles. The van der Waals surface area contributed by atoms with Crippen molar-refractivity contribution in [2.75, 3.05) is 6.61 Å². The Labute approximate surface area is 157 Å². The molecule has 27 heavy (non-hydrogen) atoms. The lowest BCUT2D eigenvalue weighted by molar-refractivity contribution is -0.148. The third kappa shape index (κ3) is 4.91. The van der Waals surface area contributed by atoms with Crippen LogP contribution in [0.5, 0.6) is 0 Å². The summed E-state index contributed by atoms with van der Waals surface area (Å²) in [5, 5.41) is 5.00. The molecule has 0 aliphatic heterocycles. The Morgan fingerprint density at radius 2 is 1.78 bits per heavy atom. The molecule has 0 saturated heterocycles. The molecule has 4 nitrogen and oxygen atoms in total. The van der Waals surface area contributed by atoms with Gasteiger partial charge in [-0.15, -0.1) is 0 Å². The highest BCUT2D eigenvalue weighted by Crippen LogP contribution is 2.23. The molecule has 1 amide bonds. The van der Waals surface area contributed by atoms with Crippen molar-refractivity contribution < 1.29 is 18.7 Å². The maximum absolute atomic E-state index is 13.1. The first-order chi connectivity index (χ1) is 13.0. The minimum atomic E-state index is -0.575. The standard InChI is InChI=1S/C22H20FNO3/c1-15(19-11-5-8-17-7-2-3-10-20(17)19)24-21(25)14-27-22(26)13-16-6-4-9-18(23)12-16/h2-12,15H,13-14H2,1H3,(H,24,25)/t15-/m0/s1. The van der Waals surface area contributed by atoms with Crippen LogP contribution in [0.2, 0.25) is 0 Å². The number of benzene rings is 3. The summed E-state index contributed by atoms with van der Waals surface area (Å²) in [5.74, 6) is -1.38. The number of halogens is 1. The van der Waals surface area contributed by atoms with Crippen LogP contribution in [-0.2, 0) is 20.7 Å². The third-order valence-electron chi connectivity index (χ3n) is 4.27. The molecule has 0 heterocycles. The van der Waals surface area contributed by atoms with E-state index in [0.29, 0.717) is 5.56 Å². The lowest BCUT2D eigenvalue weighted by Gasteiger charge is -2.16. The smallest absolute Gasteiger partial charge is 0.310 e. The van der Waals surface area contributed by atoms with E-state index in [9.17, 15) is 14.0 Å². The number of esters is 1. The SMILES string of the molecule is C[C@H](NC(=O)COC(=O)Cc1cccc(F)c1)c1cccc2ccccc12. The second-order valence-electron chi connectivity index (χ2n) is 6.32. The Balaban J connectivity index is 1.55. The van der Waals surface area contributed by atoms with Crippen LogP contribution >= 0.6 is 0 Å². The fraction of sp³-hybridized carbons (Fsp3) is 0.182. The Morgan fingerprint density at radius 3 is 2.59 bits per heavy atom. The largest absolute Gasteiger partial charge is 0.455 e. The second kappa shape index (κ2) is 8.45. The van der Waals surface area contributed by atoms with Gasteiger partial charge in [-0.05, 0) is 41.0 Å². The van der Waals surface area contributed by atoms with Gasteiger partial charge in [0.1, 0.15) is 5.82 Å². The predicted molar refractivity (Wildman–Crippen MR) is 102 cm³/mol. The molecule has 0 fully saturated rings. The molecule has 0 bridgehead atoms. The minimum absolute atomic E-state index is 0.0794. The summed E-state index contributed by atoms with van der Waals surface area (Å²) in [6.45, 7) is 1.51. The van der Waals surface area contributed by atoms with Crippen molar-refractivity contribution in [3.05, 3.63) is 83.7 Å². The minimum Gasteiger partial charge on any atom is -0.455 e. The molecule has 0 saturated carbocycles.